The summed E-state index contributed by atoms with van der Waals surface area (Å²) >= 11 is 1.33. The molecule has 5 rings (SSSR count). The van der Waals surface area contributed by atoms with Gasteiger partial charge in [-0.1, -0.05) is 56.7 Å². The number of anilines is 1. The summed E-state index contributed by atoms with van der Waals surface area (Å²) < 4.78 is 17.5. The molecule has 3 heterocycles. The van der Waals surface area contributed by atoms with Gasteiger partial charge >= 0.3 is 0 Å². The number of aromatic nitrogens is 2. The normalized spacial score (nSPS) is 15.1. The zero-order chi connectivity index (χ0) is 25.4. The van der Waals surface area contributed by atoms with Gasteiger partial charge in [-0.25, -0.2) is 0 Å². The van der Waals surface area contributed by atoms with Gasteiger partial charge in [0.2, 0.25) is 10.9 Å². The molecule has 0 saturated heterocycles. The van der Waals surface area contributed by atoms with Gasteiger partial charge in [-0.15, -0.1) is 10.2 Å². The number of hydrogen-bond acceptors (Lipinski definition) is 8. The van der Waals surface area contributed by atoms with Crippen LogP contribution < -0.4 is 19.8 Å². The first-order chi connectivity index (χ1) is 17.4. The number of fused-ring (bicyclic) bond motifs is 2. The second kappa shape index (κ2) is 9.73. The van der Waals surface area contributed by atoms with Crippen LogP contribution in [0.1, 0.15) is 72.3 Å². The second-order valence-corrected chi connectivity index (χ2v) is 9.93. The molecular weight excluding hydrogens is 478 g/mol. The number of amides is 1. The third kappa shape index (κ3) is 4.03. The lowest BCUT2D eigenvalue weighted by Crippen LogP contribution is -2.29. The van der Waals surface area contributed by atoms with Crippen LogP contribution in [0.2, 0.25) is 0 Å². The van der Waals surface area contributed by atoms with Crippen LogP contribution >= 0.6 is 11.3 Å². The highest BCUT2D eigenvalue weighted by Gasteiger charge is 2.45. The lowest BCUT2D eigenvalue weighted by atomic mass is 9.98. The van der Waals surface area contributed by atoms with Crippen LogP contribution in [0.4, 0.5) is 5.13 Å². The number of benzene rings is 2. The molecule has 1 amide bonds. The summed E-state index contributed by atoms with van der Waals surface area (Å²) in [6.45, 7) is 6.70. The van der Waals surface area contributed by atoms with Crippen molar-refractivity contribution in [3.63, 3.8) is 0 Å². The smallest absolute Gasteiger partial charge is 0.297 e. The molecule has 1 aliphatic rings. The highest BCUT2D eigenvalue weighted by Crippen LogP contribution is 2.44. The number of methoxy groups -OCH3 is 1. The highest BCUT2D eigenvalue weighted by atomic mass is 32.1. The van der Waals surface area contributed by atoms with Crippen LogP contribution in [0.5, 0.6) is 11.5 Å². The van der Waals surface area contributed by atoms with Gasteiger partial charge < -0.3 is 13.9 Å². The summed E-state index contributed by atoms with van der Waals surface area (Å²) in [5, 5.41) is 10.2. The molecule has 4 aromatic rings. The predicted molar refractivity (Wildman–Crippen MR) is 139 cm³/mol. The number of carbonyl (C=O) groups excluding carboxylic acids is 1. The summed E-state index contributed by atoms with van der Waals surface area (Å²) in [6, 6.07) is 11.7. The fourth-order valence-corrected chi connectivity index (χ4v) is 5.16. The van der Waals surface area contributed by atoms with Gasteiger partial charge in [0.05, 0.1) is 30.7 Å². The quantitative estimate of drug-likeness (QED) is 0.283. The Hall–Kier alpha value is -3.72. The van der Waals surface area contributed by atoms with Gasteiger partial charge in [0.15, 0.2) is 16.9 Å². The molecule has 1 aliphatic heterocycles. The summed E-state index contributed by atoms with van der Waals surface area (Å²) in [4.78, 5) is 28.9. The largest absolute Gasteiger partial charge is 0.493 e. The molecule has 0 spiro atoms. The molecule has 0 aliphatic carbocycles. The highest BCUT2D eigenvalue weighted by molar-refractivity contribution is 7.15. The standard InChI is InChI=1S/C27H27N3O5S/c1-5-6-13-34-19-12-11-16(14-20(19)33-4)22-21-23(31)17-9-7-8-10-18(17)35-24(21)26(32)30(22)27-29-28-25(36-27)15(2)3/h7-12,14-15,22H,5-6,13H2,1-4H3/t22-/m0/s1. The van der Waals surface area contributed by atoms with Crippen molar-refractivity contribution < 1.29 is 18.7 Å². The van der Waals surface area contributed by atoms with Gasteiger partial charge in [0.25, 0.3) is 5.91 Å². The Labute approximate surface area is 212 Å². The van der Waals surface area contributed by atoms with Crippen molar-refractivity contribution in [2.24, 2.45) is 0 Å². The molecule has 0 unspecified atom stereocenters. The molecule has 2 aromatic carbocycles. The van der Waals surface area contributed by atoms with Crippen LogP contribution in [0.3, 0.4) is 0 Å². The molecule has 1 atom stereocenters. The van der Waals surface area contributed by atoms with Crippen molar-refractivity contribution in [1.29, 1.82) is 0 Å². The topological polar surface area (TPSA) is 94.8 Å². The van der Waals surface area contributed by atoms with Crippen molar-refractivity contribution in [2.75, 3.05) is 18.6 Å². The van der Waals surface area contributed by atoms with Crippen LogP contribution in [-0.4, -0.2) is 29.8 Å². The lowest BCUT2D eigenvalue weighted by Gasteiger charge is -2.23. The van der Waals surface area contributed by atoms with Gasteiger partial charge in [0.1, 0.15) is 10.6 Å². The van der Waals surface area contributed by atoms with Crippen molar-refractivity contribution in [1.82, 2.24) is 10.2 Å². The molecule has 0 fully saturated rings. The summed E-state index contributed by atoms with van der Waals surface area (Å²) in [5.74, 6) is 0.875. The summed E-state index contributed by atoms with van der Waals surface area (Å²) in [7, 11) is 1.57. The molecule has 2 aromatic heterocycles. The maximum Gasteiger partial charge on any atom is 0.297 e. The Morgan fingerprint density at radius 3 is 2.64 bits per heavy atom. The molecule has 9 heteroatoms. The average Bonchev–Trinajstić information content (AvgIpc) is 3.48. The molecule has 0 radical (unpaired) electrons. The van der Waals surface area contributed by atoms with E-state index >= 15 is 0 Å². The van der Waals surface area contributed by atoms with E-state index in [1.807, 2.05) is 26.0 Å². The number of carbonyl (C=O) groups is 1. The number of ether oxygens (including phenoxy) is 2. The van der Waals surface area contributed by atoms with E-state index in [4.69, 9.17) is 13.9 Å². The Balaban J connectivity index is 1.69. The SMILES string of the molecule is CCCCOc1ccc([C@H]2c3c(oc4ccccc4c3=O)C(=O)N2c2nnc(C(C)C)s2)cc1OC. The number of para-hydroxylation sites is 1. The number of rotatable bonds is 8. The second-order valence-electron chi connectivity index (χ2n) is 8.94. The monoisotopic (exact) mass is 505 g/mol. The third-order valence-corrected chi connectivity index (χ3v) is 7.39. The Kier molecular flexibility index (Phi) is 6.49. The number of hydrogen-bond donors (Lipinski definition) is 0. The fourth-order valence-electron chi connectivity index (χ4n) is 4.29. The van der Waals surface area contributed by atoms with Crippen LogP contribution in [0, 0.1) is 0 Å². The minimum atomic E-state index is -0.750. The minimum absolute atomic E-state index is 0.0206. The molecule has 0 N–H and O–H groups in total. The third-order valence-electron chi connectivity index (χ3n) is 6.17. The van der Waals surface area contributed by atoms with Crippen molar-refractivity contribution in [2.45, 2.75) is 45.6 Å². The zero-order valence-corrected chi connectivity index (χ0v) is 21.4. The Morgan fingerprint density at radius 2 is 1.92 bits per heavy atom. The Morgan fingerprint density at radius 1 is 1.11 bits per heavy atom. The van der Waals surface area contributed by atoms with E-state index in [2.05, 4.69) is 17.1 Å². The first kappa shape index (κ1) is 24.0. The van der Waals surface area contributed by atoms with Crippen molar-refractivity contribution in [3.8, 4) is 11.5 Å². The minimum Gasteiger partial charge on any atom is -0.493 e. The van der Waals surface area contributed by atoms with Crippen LogP contribution in [-0.2, 0) is 0 Å². The maximum atomic E-state index is 13.7. The summed E-state index contributed by atoms with van der Waals surface area (Å²) in [5.41, 5.74) is 1.09. The van der Waals surface area contributed by atoms with E-state index in [1.165, 1.54) is 16.2 Å². The van der Waals surface area contributed by atoms with E-state index in [9.17, 15) is 9.59 Å². The van der Waals surface area contributed by atoms with Crippen LogP contribution in [0.15, 0.2) is 51.7 Å². The van der Waals surface area contributed by atoms with Gasteiger partial charge in [0, 0.05) is 5.92 Å². The fraction of sp³-hybridized carbons (Fsp3) is 0.333. The predicted octanol–water partition coefficient (Wildman–Crippen LogP) is 5.71. The van der Waals surface area contributed by atoms with E-state index in [1.54, 1.807) is 37.4 Å². The Bertz CT molecular complexity index is 1490. The average molecular weight is 506 g/mol. The number of nitrogens with zero attached hydrogens (tertiary/aromatic N) is 3. The summed E-state index contributed by atoms with van der Waals surface area (Å²) in [6.07, 6.45) is 1.94. The number of unbranched alkanes of at least 4 members (excludes halogenated alkanes) is 1. The first-order valence-electron chi connectivity index (χ1n) is 12.0. The van der Waals surface area contributed by atoms with Crippen molar-refractivity contribution in [3.05, 3.63) is 74.6 Å². The molecule has 0 saturated carbocycles. The van der Waals surface area contributed by atoms with E-state index in [0.717, 1.165) is 17.8 Å². The van der Waals surface area contributed by atoms with E-state index in [0.29, 0.717) is 39.8 Å². The lowest BCUT2D eigenvalue weighted by molar-refractivity contribution is 0.0970. The van der Waals surface area contributed by atoms with Gasteiger partial charge in [-0.05, 0) is 36.2 Å². The molecule has 0 bridgehead atoms. The first-order valence-corrected chi connectivity index (χ1v) is 12.8. The van der Waals surface area contributed by atoms with E-state index < -0.39 is 11.9 Å². The maximum absolute atomic E-state index is 13.7. The molecule has 36 heavy (non-hydrogen) atoms. The molecular formula is C27H27N3O5S. The van der Waals surface area contributed by atoms with E-state index in [-0.39, 0.29) is 22.7 Å². The van der Waals surface area contributed by atoms with Gasteiger partial charge in [-0.2, -0.15) is 0 Å². The van der Waals surface area contributed by atoms with Crippen LogP contribution in [0.25, 0.3) is 11.0 Å². The zero-order valence-electron chi connectivity index (χ0n) is 20.6. The molecule has 186 valence electrons. The molecule has 8 nitrogen and oxygen atoms in total. The van der Waals surface area contributed by atoms with Crippen molar-refractivity contribution >= 4 is 33.3 Å². The van der Waals surface area contributed by atoms with Gasteiger partial charge in [-0.3, -0.25) is 14.5 Å².